The molecule has 3 amide bonds. The second-order valence-corrected chi connectivity index (χ2v) is 13.9. The molecule has 3 aromatic carbocycles. The number of aryl methyl sites for hydroxylation is 1. The van der Waals surface area contributed by atoms with Crippen molar-refractivity contribution in [3.63, 3.8) is 0 Å². The van der Waals surface area contributed by atoms with Crippen LogP contribution in [0.4, 0.5) is 40.8 Å². The second kappa shape index (κ2) is 14.1. The van der Waals surface area contributed by atoms with Crippen LogP contribution in [-0.4, -0.2) is 81.4 Å². The van der Waals surface area contributed by atoms with Crippen molar-refractivity contribution in [2.75, 3.05) is 48.7 Å². The van der Waals surface area contributed by atoms with Crippen LogP contribution >= 0.6 is 11.6 Å². The van der Waals surface area contributed by atoms with Crippen LogP contribution in [0.25, 0.3) is 0 Å². The molecule has 3 N–H and O–H groups in total. The van der Waals surface area contributed by atoms with Crippen LogP contribution < -0.4 is 20.7 Å². The predicted octanol–water partition coefficient (Wildman–Crippen LogP) is 5.93. The van der Waals surface area contributed by atoms with Crippen molar-refractivity contribution in [1.29, 1.82) is 0 Å². The molecule has 2 unspecified atom stereocenters. The number of nitrogens with one attached hydrogen (secondary N) is 3. The Morgan fingerprint density at radius 1 is 0.868 bits per heavy atom. The predicted molar refractivity (Wildman–Crippen MR) is 186 cm³/mol. The summed E-state index contributed by atoms with van der Waals surface area (Å²) in [7, 11) is 0. The number of halogens is 5. The molecule has 0 spiro atoms. The highest BCUT2D eigenvalue weighted by Gasteiger charge is 2.46. The van der Waals surface area contributed by atoms with Gasteiger partial charge in [0.05, 0.1) is 5.54 Å². The third kappa shape index (κ3) is 8.43. The lowest BCUT2D eigenvalue weighted by Gasteiger charge is -2.22. The first-order chi connectivity index (χ1) is 25.2. The molecule has 276 valence electrons. The molecule has 4 aromatic rings. The average Bonchev–Trinajstić information content (AvgIpc) is 3.59. The van der Waals surface area contributed by atoms with Crippen LogP contribution in [0, 0.1) is 24.6 Å². The molecule has 7 rings (SSSR count). The van der Waals surface area contributed by atoms with Gasteiger partial charge in [0.15, 0.2) is 6.61 Å². The molecule has 0 radical (unpaired) electrons. The molecule has 2 aliphatic heterocycles. The van der Waals surface area contributed by atoms with Crippen LogP contribution in [0.15, 0.2) is 66.7 Å². The van der Waals surface area contributed by atoms with Gasteiger partial charge in [0.25, 0.3) is 5.91 Å². The minimum atomic E-state index is -4.61. The summed E-state index contributed by atoms with van der Waals surface area (Å²) >= 11 is 6.04. The fourth-order valence-electron chi connectivity index (χ4n) is 6.74. The summed E-state index contributed by atoms with van der Waals surface area (Å²) in [5.41, 5.74) is 2.06. The van der Waals surface area contributed by atoms with E-state index in [1.165, 1.54) is 11.0 Å². The summed E-state index contributed by atoms with van der Waals surface area (Å²) in [5.74, 6) is -2.38. The van der Waals surface area contributed by atoms with Crippen molar-refractivity contribution in [3.8, 4) is 6.01 Å². The lowest BCUT2D eigenvalue weighted by atomic mass is 10.0. The van der Waals surface area contributed by atoms with E-state index >= 15 is 0 Å². The number of fused-ring (bicyclic) bond motifs is 1. The zero-order chi connectivity index (χ0) is 37.5. The van der Waals surface area contributed by atoms with Gasteiger partial charge in [-0.15, -0.1) is 0 Å². The van der Waals surface area contributed by atoms with E-state index in [2.05, 4.69) is 30.9 Å². The standard InChI is InChI=1S/C36H33ClF4N8O4/c1-20-12-26(38)14-28(13-20)42-29(50)31(52)49-17-22-15-48(16-23(22)18-49)30(51)21-2-8-27(9-3-21)43-32-44-33(46-34(45-32)53-19-36(39,40)41)47-35(10-11-35)24-4-6-25(37)7-5-24/h2-9,12-14,22-23H,10-11,15-19H2,1H3,(H,42,50)(H2,43,44,45,46,47). The van der Waals surface area contributed by atoms with Gasteiger partial charge in [-0.2, -0.15) is 28.1 Å². The SMILES string of the molecule is Cc1cc(F)cc(NC(=O)C(=O)N2CC3CN(C(=O)c4ccc(Nc5nc(NC6(c7ccc(Cl)cc7)CC6)nc(OCC(F)(F)F)n5)cc4)CC3C2)c1. The first-order valence-electron chi connectivity index (χ1n) is 16.8. The molecule has 17 heteroatoms. The van der Waals surface area contributed by atoms with Crippen molar-refractivity contribution in [3.05, 3.63) is 94.3 Å². The van der Waals surface area contributed by atoms with E-state index in [0.29, 0.717) is 48.0 Å². The van der Waals surface area contributed by atoms with Gasteiger partial charge in [-0.05, 0) is 85.5 Å². The molecule has 53 heavy (non-hydrogen) atoms. The zero-order valence-electron chi connectivity index (χ0n) is 28.2. The summed E-state index contributed by atoms with van der Waals surface area (Å²) in [4.78, 5) is 54.5. The van der Waals surface area contributed by atoms with Gasteiger partial charge < -0.3 is 30.5 Å². The lowest BCUT2D eigenvalue weighted by molar-refractivity contribution is -0.154. The summed E-state index contributed by atoms with van der Waals surface area (Å²) in [6.07, 6.45) is -3.13. The normalized spacial score (nSPS) is 18.7. The molecule has 3 heterocycles. The molecule has 1 aliphatic carbocycles. The summed E-state index contributed by atoms with van der Waals surface area (Å²) in [6, 6.07) is 17.2. The Bertz CT molecular complexity index is 2010. The molecule has 0 bridgehead atoms. The minimum Gasteiger partial charge on any atom is -0.454 e. The third-order valence-electron chi connectivity index (χ3n) is 9.42. The number of carbonyl (C=O) groups excluding carboxylic acids is 3. The maximum absolute atomic E-state index is 13.7. The number of alkyl halides is 3. The Balaban J connectivity index is 0.970. The molecule has 2 atom stereocenters. The van der Waals surface area contributed by atoms with E-state index in [-0.39, 0.29) is 35.3 Å². The molecular formula is C36H33ClF4N8O4. The number of amides is 3. The Morgan fingerprint density at radius 3 is 2.13 bits per heavy atom. The van der Waals surface area contributed by atoms with Crippen molar-refractivity contribution in [2.24, 2.45) is 11.8 Å². The van der Waals surface area contributed by atoms with Gasteiger partial charge in [0.1, 0.15) is 5.82 Å². The van der Waals surface area contributed by atoms with Crippen LogP contribution in [0.5, 0.6) is 6.01 Å². The van der Waals surface area contributed by atoms with Gasteiger partial charge in [-0.3, -0.25) is 14.4 Å². The fraction of sp³-hybridized carbons (Fsp3) is 0.333. The number of hydrogen-bond donors (Lipinski definition) is 3. The number of anilines is 4. The summed E-state index contributed by atoms with van der Waals surface area (Å²) in [5, 5.41) is 9.20. The van der Waals surface area contributed by atoms with E-state index in [9.17, 15) is 31.9 Å². The van der Waals surface area contributed by atoms with Crippen LogP contribution in [0.1, 0.15) is 34.3 Å². The Hall–Kier alpha value is -5.51. The summed E-state index contributed by atoms with van der Waals surface area (Å²) in [6.45, 7) is 1.51. The molecular weight excluding hydrogens is 720 g/mol. The first kappa shape index (κ1) is 35.9. The van der Waals surface area contributed by atoms with Gasteiger partial charge in [-0.25, -0.2) is 4.39 Å². The van der Waals surface area contributed by atoms with Crippen molar-refractivity contribution < 1.29 is 36.7 Å². The number of aromatic nitrogens is 3. The maximum atomic E-state index is 13.7. The van der Waals surface area contributed by atoms with Crippen molar-refractivity contribution >= 4 is 52.6 Å². The van der Waals surface area contributed by atoms with E-state index < -0.39 is 42.0 Å². The Labute approximate surface area is 305 Å². The second-order valence-electron chi connectivity index (χ2n) is 13.5. The van der Waals surface area contributed by atoms with E-state index in [1.54, 1.807) is 54.3 Å². The highest BCUT2D eigenvalue weighted by molar-refractivity contribution is 6.39. The number of carbonyl (C=O) groups is 3. The molecule has 1 saturated carbocycles. The van der Waals surface area contributed by atoms with Gasteiger partial charge in [-0.1, -0.05) is 23.7 Å². The van der Waals surface area contributed by atoms with Gasteiger partial charge in [0.2, 0.25) is 11.9 Å². The topological polar surface area (TPSA) is 142 Å². The van der Waals surface area contributed by atoms with Gasteiger partial charge >= 0.3 is 24.0 Å². The molecule has 3 aliphatic rings. The van der Waals surface area contributed by atoms with E-state index in [1.807, 2.05) is 12.1 Å². The first-order valence-corrected chi connectivity index (χ1v) is 17.1. The number of likely N-dealkylation sites (tertiary alicyclic amines) is 2. The quantitative estimate of drug-likeness (QED) is 0.140. The summed E-state index contributed by atoms with van der Waals surface area (Å²) < 4.78 is 57.5. The monoisotopic (exact) mass is 752 g/mol. The van der Waals surface area contributed by atoms with E-state index in [0.717, 1.165) is 24.5 Å². The third-order valence-corrected chi connectivity index (χ3v) is 9.67. The van der Waals surface area contributed by atoms with Gasteiger partial charge in [0, 0.05) is 60.0 Å². The Kier molecular flexibility index (Phi) is 9.57. The highest BCUT2D eigenvalue weighted by Crippen LogP contribution is 2.48. The smallest absolute Gasteiger partial charge is 0.422 e. The average molecular weight is 753 g/mol. The van der Waals surface area contributed by atoms with Crippen LogP contribution in [0.3, 0.4) is 0 Å². The fourth-order valence-corrected chi connectivity index (χ4v) is 6.87. The largest absolute Gasteiger partial charge is 0.454 e. The molecule has 12 nitrogen and oxygen atoms in total. The number of ether oxygens (including phenoxy) is 1. The highest BCUT2D eigenvalue weighted by atomic mass is 35.5. The van der Waals surface area contributed by atoms with E-state index in [4.69, 9.17) is 16.3 Å². The molecule has 1 aromatic heterocycles. The van der Waals surface area contributed by atoms with Crippen molar-refractivity contribution in [1.82, 2.24) is 24.8 Å². The minimum absolute atomic E-state index is 0.0112. The number of benzene rings is 3. The zero-order valence-corrected chi connectivity index (χ0v) is 29.0. The van der Waals surface area contributed by atoms with Crippen LogP contribution in [0.2, 0.25) is 5.02 Å². The van der Waals surface area contributed by atoms with Crippen molar-refractivity contribution in [2.45, 2.75) is 31.5 Å². The lowest BCUT2D eigenvalue weighted by Crippen LogP contribution is -2.40. The number of nitrogens with zero attached hydrogens (tertiary/aromatic N) is 5. The van der Waals surface area contributed by atoms with Crippen LogP contribution in [-0.2, 0) is 15.1 Å². The Morgan fingerprint density at radius 2 is 1.51 bits per heavy atom. The number of hydrogen-bond acceptors (Lipinski definition) is 9. The molecule has 2 saturated heterocycles. The maximum Gasteiger partial charge on any atom is 0.422 e. The molecule has 3 fully saturated rings. The number of rotatable bonds is 9.